The molecule has 0 aromatic heterocycles. The standard InChI is InChI=1S/C13H7F2NO4/c14-9-3-1-2-8(6-9)13(17)20-12-7-10(15)4-5-11(12)16(18)19/h1-7H. The first-order valence-electron chi connectivity index (χ1n) is 5.39. The molecule has 0 amide bonds. The lowest BCUT2D eigenvalue weighted by Gasteiger charge is -2.05. The summed E-state index contributed by atoms with van der Waals surface area (Å²) in [6.07, 6.45) is 0. The minimum Gasteiger partial charge on any atom is -0.415 e. The van der Waals surface area contributed by atoms with Crippen LogP contribution in [-0.2, 0) is 0 Å². The third-order valence-electron chi connectivity index (χ3n) is 2.38. The molecule has 7 heteroatoms. The van der Waals surface area contributed by atoms with Gasteiger partial charge in [0.25, 0.3) is 0 Å². The first-order valence-corrected chi connectivity index (χ1v) is 5.39. The molecule has 0 N–H and O–H groups in total. The van der Waals surface area contributed by atoms with Gasteiger partial charge in [-0.15, -0.1) is 0 Å². The molecule has 0 atom stereocenters. The molecule has 0 fully saturated rings. The fourth-order valence-electron chi connectivity index (χ4n) is 1.49. The zero-order valence-corrected chi connectivity index (χ0v) is 9.88. The highest BCUT2D eigenvalue weighted by atomic mass is 19.1. The zero-order chi connectivity index (χ0) is 14.7. The summed E-state index contributed by atoms with van der Waals surface area (Å²) in [5.41, 5.74) is -0.695. The number of rotatable bonds is 3. The van der Waals surface area contributed by atoms with Gasteiger partial charge in [0, 0.05) is 12.1 Å². The second-order valence-corrected chi connectivity index (χ2v) is 3.77. The van der Waals surface area contributed by atoms with E-state index in [0.717, 1.165) is 30.3 Å². The van der Waals surface area contributed by atoms with Crippen LogP contribution in [0.2, 0.25) is 0 Å². The Labute approximate surface area is 111 Å². The number of nitro groups is 1. The molecule has 0 aliphatic heterocycles. The molecule has 0 radical (unpaired) electrons. The van der Waals surface area contributed by atoms with Crippen LogP contribution in [0.3, 0.4) is 0 Å². The lowest BCUT2D eigenvalue weighted by Crippen LogP contribution is -2.10. The van der Waals surface area contributed by atoms with Gasteiger partial charge in [0.1, 0.15) is 11.6 Å². The van der Waals surface area contributed by atoms with Crippen molar-refractivity contribution < 1.29 is 23.2 Å². The summed E-state index contributed by atoms with van der Waals surface area (Å²) in [6, 6.07) is 7.06. The number of nitrogens with zero attached hydrogens (tertiary/aromatic N) is 1. The maximum absolute atomic E-state index is 13.1. The molecule has 0 aliphatic carbocycles. The van der Waals surface area contributed by atoms with Gasteiger partial charge in [0.05, 0.1) is 10.5 Å². The van der Waals surface area contributed by atoms with E-state index >= 15 is 0 Å². The van der Waals surface area contributed by atoms with Crippen molar-refractivity contribution in [1.82, 2.24) is 0 Å². The topological polar surface area (TPSA) is 69.4 Å². The normalized spacial score (nSPS) is 10.1. The van der Waals surface area contributed by atoms with E-state index in [1.54, 1.807) is 0 Å². The lowest BCUT2D eigenvalue weighted by molar-refractivity contribution is -0.385. The Hall–Kier alpha value is -2.83. The minimum absolute atomic E-state index is 0.136. The molecular weight excluding hydrogens is 272 g/mol. The quantitative estimate of drug-likeness (QED) is 0.374. The van der Waals surface area contributed by atoms with Crippen molar-refractivity contribution in [3.05, 3.63) is 69.8 Å². The van der Waals surface area contributed by atoms with Crippen LogP contribution in [0.25, 0.3) is 0 Å². The Kier molecular flexibility index (Phi) is 3.69. The highest BCUT2D eigenvalue weighted by Gasteiger charge is 2.20. The zero-order valence-electron chi connectivity index (χ0n) is 9.88. The van der Waals surface area contributed by atoms with Gasteiger partial charge in [-0.1, -0.05) is 6.07 Å². The Bertz CT molecular complexity index is 688. The molecule has 2 aromatic carbocycles. The first-order chi connectivity index (χ1) is 9.47. The lowest BCUT2D eigenvalue weighted by atomic mass is 10.2. The SMILES string of the molecule is O=C(Oc1cc(F)ccc1[N+](=O)[O-])c1cccc(F)c1. The summed E-state index contributed by atoms with van der Waals surface area (Å²) in [5, 5.41) is 10.7. The van der Waals surface area contributed by atoms with Crippen molar-refractivity contribution in [3.8, 4) is 5.75 Å². The second-order valence-electron chi connectivity index (χ2n) is 3.77. The molecule has 20 heavy (non-hydrogen) atoms. The van der Waals surface area contributed by atoms with Gasteiger partial charge in [-0.2, -0.15) is 0 Å². The predicted octanol–water partition coefficient (Wildman–Crippen LogP) is 3.09. The highest BCUT2D eigenvalue weighted by molar-refractivity contribution is 5.91. The summed E-state index contributed by atoms with van der Waals surface area (Å²) in [5.74, 6) is -3.01. The summed E-state index contributed by atoms with van der Waals surface area (Å²) < 4.78 is 30.8. The Morgan fingerprint density at radius 3 is 2.45 bits per heavy atom. The largest absolute Gasteiger partial charge is 0.415 e. The Morgan fingerprint density at radius 2 is 1.80 bits per heavy atom. The average molecular weight is 279 g/mol. The Morgan fingerprint density at radius 1 is 1.10 bits per heavy atom. The molecular formula is C13H7F2NO4. The number of esters is 1. The predicted molar refractivity (Wildman–Crippen MR) is 64.4 cm³/mol. The highest BCUT2D eigenvalue weighted by Crippen LogP contribution is 2.28. The van der Waals surface area contributed by atoms with Crippen molar-refractivity contribution >= 4 is 11.7 Å². The maximum atomic E-state index is 13.1. The number of halogens is 2. The number of hydrogen-bond acceptors (Lipinski definition) is 4. The van der Waals surface area contributed by atoms with Crippen LogP contribution in [0.5, 0.6) is 5.75 Å². The first kappa shape index (κ1) is 13.6. The molecule has 102 valence electrons. The number of hydrogen-bond donors (Lipinski definition) is 0. The summed E-state index contributed by atoms with van der Waals surface area (Å²) in [4.78, 5) is 21.6. The number of carbonyl (C=O) groups excluding carboxylic acids is 1. The molecule has 2 aromatic rings. The van der Waals surface area contributed by atoms with Crippen molar-refractivity contribution in [1.29, 1.82) is 0 Å². The van der Waals surface area contributed by atoms with E-state index < -0.39 is 34.0 Å². The van der Waals surface area contributed by atoms with Gasteiger partial charge in [-0.05, 0) is 24.3 Å². The second kappa shape index (κ2) is 5.43. The molecule has 0 spiro atoms. The number of ether oxygens (including phenoxy) is 1. The smallest absolute Gasteiger partial charge is 0.343 e. The van der Waals surface area contributed by atoms with Gasteiger partial charge in [0.15, 0.2) is 0 Å². The van der Waals surface area contributed by atoms with E-state index in [2.05, 4.69) is 0 Å². The van der Waals surface area contributed by atoms with E-state index in [1.807, 2.05) is 0 Å². The molecule has 5 nitrogen and oxygen atoms in total. The molecule has 0 bridgehead atoms. The van der Waals surface area contributed by atoms with E-state index in [1.165, 1.54) is 12.1 Å². The van der Waals surface area contributed by atoms with Crippen molar-refractivity contribution in [3.63, 3.8) is 0 Å². The molecule has 0 unspecified atom stereocenters. The van der Waals surface area contributed by atoms with Crippen LogP contribution >= 0.6 is 0 Å². The molecule has 0 aliphatic rings. The Balaban J connectivity index is 2.32. The number of benzene rings is 2. The van der Waals surface area contributed by atoms with Crippen molar-refractivity contribution in [2.24, 2.45) is 0 Å². The van der Waals surface area contributed by atoms with Gasteiger partial charge in [0.2, 0.25) is 5.75 Å². The van der Waals surface area contributed by atoms with E-state index in [-0.39, 0.29) is 5.56 Å². The van der Waals surface area contributed by atoms with Crippen LogP contribution in [0, 0.1) is 21.7 Å². The van der Waals surface area contributed by atoms with Gasteiger partial charge >= 0.3 is 11.7 Å². The van der Waals surface area contributed by atoms with Crippen molar-refractivity contribution in [2.45, 2.75) is 0 Å². The van der Waals surface area contributed by atoms with Crippen LogP contribution in [0.4, 0.5) is 14.5 Å². The fraction of sp³-hybridized carbons (Fsp3) is 0. The third kappa shape index (κ3) is 2.94. The van der Waals surface area contributed by atoms with E-state index in [4.69, 9.17) is 4.74 Å². The van der Waals surface area contributed by atoms with Gasteiger partial charge in [-0.3, -0.25) is 10.1 Å². The average Bonchev–Trinajstić information content (AvgIpc) is 2.38. The molecule has 0 saturated carbocycles. The third-order valence-corrected chi connectivity index (χ3v) is 2.38. The maximum Gasteiger partial charge on any atom is 0.343 e. The monoisotopic (exact) mass is 279 g/mol. The van der Waals surface area contributed by atoms with Crippen LogP contribution in [0.1, 0.15) is 10.4 Å². The van der Waals surface area contributed by atoms with Crippen LogP contribution < -0.4 is 4.74 Å². The van der Waals surface area contributed by atoms with Crippen molar-refractivity contribution in [2.75, 3.05) is 0 Å². The fourth-order valence-corrected chi connectivity index (χ4v) is 1.49. The number of nitro benzene ring substituents is 1. The summed E-state index contributed by atoms with van der Waals surface area (Å²) in [6.45, 7) is 0. The van der Waals surface area contributed by atoms with E-state index in [0.29, 0.717) is 0 Å². The molecule has 2 rings (SSSR count). The number of carbonyl (C=O) groups is 1. The molecule has 0 saturated heterocycles. The van der Waals surface area contributed by atoms with Crippen LogP contribution in [-0.4, -0.2) is 10.9 Å². The van der Waals surface area contributed by atoms with Crippen LogP contribution in [0.15, 0.2) is 42.5 Å². The van der Waals surface area contributed by atoms with Gasteiger partial charge in [-0.25, -0.2) is 13.6 Å². The van der Waals surface area contributed by atoms with Gasteiger partial charge < -0.3 is 4.74 Å². The minimum atomic E-state index is -1.02. The van der Waals surface area contributed by atoms with E-state index in [9.17, 15) is 23.7 Å². The summed E-state index contributed by atoms with van der Waals surface area (Å²) >= 11 is 0. The molecule has 0 heterocycles. The summed E-state index contributed by atoms with van der Waals surface area (Å²) in [7, 11) is 0.